The number of ether oxygens (including phenoxy) is 3. The van der Waals surface area contributed by atoms with E-state index in [4.69, 9.17) is 14.2 Å². The van der Waals surface area contributed by atoms with Crippen molar-refractivity contribution in [2.75, 3.05) is 47.1 Å². The third kappa shape index (κ3) is 6.39. The second-order valence-electron chi connectivity index (χ2n) is 8.97. The zero-order chi connectivity index (χ0) is 20.7. The number of benzene rings is 1. The molecule has 7 heteroatoms. The lowest BCUT2D eigenvalue weighted by molar-refractivity contribution is 0.138. The van der Waals surface area contributed by atoms with Gasteiger partial charge in [-0.3, -0.25) is 4.99 Å². The number of nitrogens with zero attached hydrogens (tertiary/aromatic N) is 1. The van der Waals surface area contributed by atoms with Crippen LogP contribution in [-0.2, 0) is 10.2 Å². The molecule has 1 aromatic rings. The third-order valence-corrected chi connectivity index (χ3v) is 6.38. The van der Waals surface area contributed by atoms with Crippen molar-refractivity contribution in [1.29, 1.82) is 0 Å². The molecule has 1 fully saturated rings. The summed E-state index contributed by atoms with van der Waals surface area (Å²) in [5.74, 6) is 2.53. The molecule has 3 rings (SSSR count). The van der Waals surface area contributed by atoms with Crippen molar-refractivity contribution in [2.24, 2.45) is 10.4 Å². The molecule has 0 unspecified atom stereocenters. The third-order valence-electron chi connectivity index (χ3n) is 6.38. The first-order chi connectivity index (χ1) is 14.0. The van der Waals surface area contributed by atoms with E-state index in [1.54, 1.807) is 7.11 Å². The van der Waals surface area contributed by atoms with Crippen LogP contribution in [0.3, 0.4) is 0 Å². The lowest BCUT2D eigenvalue weighted by atomic mass is 9.83. The van der Waals surface area contributed by atoms with Gasteiger partial charge >= 0.3 is 0 Å². The number of halogens is 1. The number of aliphatic imine (C=N–C) groups is 1. The summed E-state index contributed by atoms with van der Waals surface area (Å²) in [5.41, 5.74) is 1.48. The molecule has 0 saturated heterocycles. The number of nitrogens with one attached hydrogen (secondary N) is 2. The monoisotopic (exact) mass is 531 g/mol. The molecule has 1 aliphatic carbocycles. The summed E-state index contributed by atoms with van der Waals surface area (Å²) in [6.45, 7) is 8.23. The molecule has 0 bridgehead atoms. The van der Waals surface area contributed by atoms with Crippen LogP contribution in [0.5, 0.6) is 11.5 Å². The Labute approximate surface area is 198 Å². The maximum atomic E-state index is 5.75. The highest BCUT2D eigenvalue weighted by Crippen LogP contribution is 2.40. The fraction of sp³-hybridized carbons (Fsp3) is 0.696. The van der Waals surface area contributed by atoms with E-state index in [1.165, 1.54) is 31.2 Å². The molecule has 1 aliphatic heterocycles. The van der Waals surface area contributed by atoms with Crippen molar-refractivity contribution in [3.05, 3.63) is 23.8 Å². The maximum Gasteiger partial charge on any atom is 0.191 e. The summed E-state index contributed by atoms with van der Waals surface area (Å²) >= 11 is 0. The van der Waals surface area contributed by atoms with Gasteiger partial charge in [-0.05, 0) is 42.4 Å². The van der Waals surface area contributed by atoms with Gasteiger partial charge in [0.25, 0.3) is 0 Å². The molecule has 6 nitrogen and oxygen atoms in total. The summed E-state index contributed by atoms with van der Waals surface area (Å²) in [7, 11) is 3.62. The minimum atomic E-state index is -0.0748. The normalized spacial score (nSPS) is 17.9. The van der Waals surface area contributed by atoms with Crippen molar-refractivity contribution in [3.8, 4) is 11.5 Å². The number of guanidine groups is 1. The summed E-state index contributed by atoms with van der Waals surface area (Å²) in [6.07, 6.45) is 6.27. The van der Waals surface area contributed by atoms with Gasteiger partial charge in [0.05, 0.1) is 0 Å². The van der Waals surface area contributed by atoms with Crippen LogP contribution in [0.15, 0.2) is 23.2 Å². The Hall–Kier alpha value is -1.22. The molecular weight excluding hydrogens is 493 g/mol. The fourth-order valence-electron chi connectivity index (χ4n) is 4.32. The van der Waals surface area contributed by atoms with E-state index >= 15 is 0 Å². The fourth-order valence-corrected chi connectivity index (χ4v) is 4.32. The standard InChI is InChI=1S/C23H37N3O3.HI/c1-22(2,18-7-8-19-20(15-18)29-14-13-28-19)16-25-21(24-3)26-17-23(11-12-27-4)9-5-6-10-23;/h7-8,15H,5-6,9-14,16-17H2,1-4H3,(H2,24,25,26);1H. The Morgan fingerprint density at radius 1 is 1.13 bits per heavy atom. The van der Waals surface area contributed by atoms with E-state index in [0.29, 0.717) is 18.6 Å². The lowest BCUT2D eigenvalue weighted by Gasteiger charge is -2.31. The Balaban J connectivity index is 0.00000320. The Kier molecular flexibility index (Phi) is 9.53. The molecular formula is C23H38IN3O3. The highest BCUT2D eigenvalue weighted by molar-refractivity contribution is 14.0. The first-order valence-corrected chi connectivity index (χ1v) is 10.8. The number of fused-ring (bicyclic) bond motifs is 1. The van der Waals surface area contributed by atoms with E-state index < -0.39 is 0 Å². The minimum Gasteiger partial charge on any atom is -0.486 e. The van der Waals surface area contributed by atoms with Gasteiger partial charge in [-0.15, -0.1) is 24.0 Å². The Morgan fingerprint density at radius 2 is 1.83 bits per heavy atom. The first-order valence-electron chi connectivity index (χ1n) is 10.8. The molecule has 1 aromatic carbocycles. The van der Waals surface area contributed by atoms with Gasteiger partial charge in [-0.2, -0.15) is 0 Å². The van der Waals surface area contributed by atoms with E-state index in [0.717, 1.165) is 43.6 Å². The van der Waals surface area contributed by atoms with E-state index in [2.05, 4.69) is 41.6 Å². The molecule has 0 radical (unpaired) electrons. The number of hydrogen-bond donors (Lipinski definition) is 2. The van der Waals surface area contributed by atoms with Crippen LogP contribution >= 0.6 is 24.0 Å². The molecule has 1 heterocycles. The smallest absolute Gasteiger partial charge is 0.191 e. The van der Waals surface area contributed by atoms with Gasteiger partial charge < -0.3 is 24.8 Å². The van der Waals surface area contributed by atoms with Gasteiger partial charge in [0, 0.05) is 39.3 Å². The van der Waals surface area contributed by atoms with Gasteiger partial charge in [0.1, 0.15) is 13.2 Å². The molecule has 170 valence electrons. The van der Waals surface area contributed by atoms with Crippen LogP contribution in [0.25, 0.3) is 0 Å². The highest BCUT2D eigenvalue weighted by Gasteiger charge is 2.33. The van der Waals surface area contributed by atoms with Gasteiger partial charge in [0.15, 0.2) is 17.5 Å². The summed E-state index contributed by atoms with van der Waals surface area (Å²) in [6, 6.07) is 6.24. The Morgan fingerprint density at radius 3 is 2.50 bits per heavy atom. The van der Waals surface area contributed by atoms with Crippen LogP contribution in [0.2, 0.25) is 0 Å². The molecule has 2 N–H and O–H groups in total. The van der Waals surface area contributed by atoms with Crippen molar-refractivity contribution in [3.63, 3.8) is 0 Å². The molecule has 0 spiro atoms. The predicted octanol–water partition coefficient (Wildman–Crippen LogP) is 4.12. The van der Waals surface area contributed by atoms with Crippen LogP contribution in [0.1, 0.15) is 51.5 Å². The van der Waals surface area contributed by atoms with Gasteiger partial charge in [-0.1, -0.05) is 32.8 Å². The molecule has 2 aliphatic rings. The second kappa shape index (κ2) is 11.4. The molecule has 1 saturated carbocycles. The van der Waals surface area contributed by atoms with Crippen molar-refractivity contribution in [1.82, 2.24) is 10.6 Å². The summed E-state index contributed by atoms with van der Waals surface area (Å²) < 4.78 is 16.7. The first kappa shape index (κ1) is 25.0. The lowest BCUT2D eigenvalue weighted by Crippen LogP contribution is -2.46. The van der Waals surface area contributed by atoms with E-state index in [-0.39, 0.29) is 29.4 Å². The number of methoxy groups -OCH3 is 1. The second-order valence-corrected chi connectivity index (χ2v) is 8.97. The summed E-state index contributed by atoms with van der Waals surface area (Å²) in [4.78, 5) is 4.45. The van der Waals surface area contributed by atoms with Gasteiger partial charge in [0.2, 0.25) is 0 Å². The molecule has 0 atom stereocenters. The van der Waals surface area contributed by atoms with Crippen LogP contribution in [0, 0.1) is 5.41 Å². The van der Waals surface area contributed by atoms with Crippen molar-refractivity contribution in [2.45, 2.75) is 51.4 Å². The number of rotatable bonds is 8. The largest absolute Gasteiger partial charge is 0.486 e. The average molecular weight is 531 g/mol. The predicted molar refractivity (Wildman–Crippen MR) is 133 cm³/mol. The van der Waals surface area contributed by atoms with Crippen molar-refractivity contribution >= 4 is 29.9 Å². The number of hydrogen-bond acceptors (Lipinski definition) is 4. The molecule has 0 amide bonds. The molecule has 0 aromatic heterocycles. The van der Waals surface area contributed by atoms with Gasteiger partial charge in [-0.25, -0.2) is 0 Å². The van der Waals surface area contributed by atoms with E-state index in [9.17, 15) is 0 Å². The zero-order valence-corrected chi connectivity index (χ0v) is 21.2. The van der Waals surface area contributed by atoms with Crippen LogP contribution < -0.4 is 20.1 Å². The van der Waals surface area contributed by atoms with Crippen molar-refractivity contribution < 1.29 is 14.2 Å². The van der Waals surface area contributed by atoms with Crippen LogP contribution in [-0.4, -0.2) is 53.0 Å². The highest BCUT2D eigenvalue weighted by atomic mass is 127. The Bertz CT molecular complexity index is 703. The van der Waals surface area contributed by atoms with E-state index in [1.807, 2.05) is 13.1 Å². The minimum absolute atomic E-state index is 0. The average Bonchev–Trinajstić information content (AvgIpc) is 3.21. The maximum absolute atomic E-state index is 5.75. The molecule has 30 heavy (non-hydrogen) atoms. The quantitative estimate of drug-likeness (QED) is 0.300. The zero-order valence-electron chi connectivity index (χ0n) is 18.9. The summed E-state index contributed by atoms with van der Waals surface area (Å²) in [5, 5.41) is 7.09. The van der Waals surface area contributed by atoms with Crippen LogP contribution in [0.4, 0.5) is 0 Å². The SMILES string of the molecule is CN=C(NCC1(CCOC)CCCC1)NCC(C)(C)c1ccc2c(c1)OCCO2.I. The topological polar surface area (TPSA) is 64.1 Å².